The maximum absolute atomic E-state index is 12.0. The van der Waals surface area contributed by atoms with Crippen LogP contribution in [-0.4, -0.2) is 11.9 Å². The van der Waals surface area contributed by atoms with Gasteiger partial charge in [0, 0.05) is 16.1 Å². The molecule has 2 aromatic rings. The van der Waals surface area contributed by atoms with Crippen molar-refractivity contribution < 1.29 is 9.21 Å². The number of halogens is 1. The third-order valence-electron chi connectivity index (χ3n) is 2.71. The highest BCUT2D eigenvalue weighted by Crippen LogP contribution is 2.26. The molecule has 1 heterocycles. The highest BCUT2D eigenvalue weighted by atomic mass is 79.9. The van der Waals surface area contributed by atoms with Gasteiger partial charge in [-0.25, -0.2) is 0 Å². The first kappa shape index (κ1) is 13.9. The Morgan fingerprint density at radius 3 is 2.47 bits per heavy atom. The van der Waals surface area contributed by atoms with E-state index in [0.717, 1.165) is 10.0 Å². The molecular formula is C15H16BrNO2. The van der Waals surface area contributed by atoms with Crippen LogP contribution in [0.3, 0.4) is 0 Å². The number of benzene rings is 1. The van der Waals surface area contributed by atoms with Crippen molar-refractivity contribution in [3.63, 3.8) is 0 Å². The van der Waals surface area contributed by atoms with E-state index in [1.54, 1.807) is 13.0 Å². The molecular weight excluding hydrogens is 306 g/mol. The number of hydrogen-bond donors (Lipinski definition) is 1. The summed E-state index contributed by atoms with van der Waals surface area (Å²) in [5.41, 5.74) is 1.54. The molecule has 4 heteroatoms. The quantitative estimate of drug-likeness (QED) is 0.922. The van der Waals surface area contributed by atoms with Crippen LogP contribution in [0, 0.1) is 6.92 Å². The molecule has 0 atom stereocenters. The summed E-state index contributed by atoms with van der Waals surface area (Å²) in [7, 11) is 0. The molecule has 1 aromatic heterocycles. The van der Waals surface area contributed by atoms with Gasteiger partial charge in [-0.15, -0.1) is 0 Å². The van der Waals surface area contributed by atoms with E-state index in [9.17, 15) is 4.79 Å². The first-order valence-electron chi connectivity index (χ1n) is 6.14. The van der Waals surface area contributed by atoms with Gasteiger partial charge in [-0.1, -0.05) is 28.1 Å². The summed E-state index contributed by atoms with van der Waals surface area (Å²) < 4.78 is 6.68. The minimum absolute atomic E-state index is 0.0976. The van der Waals surface area contributed by atoms with Crippen LogP contribution in [0.2, 0.25) is 0 Å². The van der Waals surface area contributed by atoms with E-state index in [0.29, 0.717) is 17.1 Å². The van der Waals surface area contributed by atoms with Crippen molar-refractivity contribution in [3.05, 3.63) is 46.1 Å². The van der Waals surface area contributed by atoms with E-state index < -0.39 is 0 Å². The third kappa shape index (κ3) is 3.26. The van der Waals surface area contributed by atoms with Gasteiger partial charge in [0.2, 0.25) is 0 Å². The molecule has 1 amide bonds. The first-order valence-corrected chi connectivity index (χ1v) is 6.94. The van der Waals surface area contributed by atoms with Gasteiger partial charge in [-0.2, -0.15) is 0 Å². The van der Waals surface area contributed by atoms with Crippen molar-refractivity contribution in [1.29, 1.82) is 0 Å². The van der Waals surface area contributed by atoms with Crippen molar-refractivity contribution >= 4 is 21.8 Å². The van der Waals surface area contributed by atoms with E-state index in [-0.39, 0.29) is 11.9 Å². The lowest BCUT2D eigenvalue weighted by molar-refractivity contribution is 0.0941. The molecule has 0 saturated carbocycles. The van der Waals surface area contributed by atoms with E-state index in [4.69, 9.17) is 4.42 Å². The molecule has 1 N–H and O–H groups in total. The molecule has 19 heavy (non-hydrogen) atoms. The Hall–Kier alpha value is -1.55. The minimum Gasteiger partial charge on any atom is -0.461 e. The number of carbonyl (C=O) groups excluding carboxylic acids is 1. The molecule has 0 aliphatic rings. The highest BCUT2D eigenvalue weighted by Gasteiger charge is 2.16. The Balaban J connectivity index is 2.30. The Labute approximate surface area is 121 Å². The molecule has 0 bridgehead atoms. The highest BCUT2D eigenvalue weighted by molar-refractivity contribution is 9.10. The third-order valence-corrected chi connectivity index (χ3v) is 3.24. The molecule has 2 rings (SSSR count). The topological polar surface area (TPSA) is 42.2 Å². The van der Waals surface area contributed by atoms with Crippen LogP contribution in [-0.2, 0) is 0 Å². The number of hydrogen-bond acceptors (Lipinski definition) is 2. The molecule has 0 unspecified atom stereocenters. The van der Waals surface area contributed by atoms with Crippen molar-refractivity contribution in [2.24, 2.45) is 0 Å². The fraction of sp³-hybridized carbons (Fsp3) is 0.267. The summed E-state index contributed by atoms with van der Waals surface area (Å²) >= 11 is 3.39. The Kier molecular flexibility index (Phi) is 4.10. The second-order valence-electron chi connectivity index (χ2n) is 4.72. The van der Waals surface area contributed by atoms with Gasteiger partial charge in [0.1, 0.15) is 11.5 Å². The number of amides is 1. The van der Waals surface area contributed by atoms with Crippen LogP contribution in [0.5, 0.6) is 0 Å². The van der Waals surface area contributed by atoms with Crippen molar-refractivity contribution in [2.75, 3.05) is 0 Å². The monoisotopic (exact) mass is 321 g/mol. The number of furan rings is 1. The summed E-state index contributed by atoms with van der Waals surface area (Å²) in [6, 6.07) is 9.69. The molecule has 1 aromatic carbocycles. The van der Waals surface area contributed by atoms with Crippen molar-refractivity contribution in [2.45, 2.75) is 26.8 Å². The van der Waals surface area contributed by atoms with Gasteiger partial charge in [0.05, 0.1) is 5.56 Å². The average molecular weight is 322 g/mol. The summed E-state index contributed by atoms with van der Waals surface area (Å²) in [4.78, 5) is 12.0. The zero-order chi connectivity index (χ0) is 14.0. The molecule has 0 aliphatic carbocycles. The van der Waals surface area contributed by atoms with Crippen LogP contribution in [0.1, 0.15) is 30.0 Å². The zero-order valence-electron chi connectivity index (χ0n) is 11.2. The smallest absolute Gasteiger partial charge is 0.255 e. The molecule has 0 spiro atoms. The van der Waals surface area contributed by atoms with Crippen LogP contribution in [0.25, 0.3) is 11.3 Å². The summed E-state index contributed by atoms with van der Waals surface area (Å²) in [6.45, 7) is 5.67. The van der Waals surface area contributed by atoms with E-state index in [2.05, 4.69) is 21.2 Å². The fourth-order valence-electron chi connectivity index (χ4n) is 1.80. The molecule has 100 valence electrons. The van der Waals surface area contributed by atoms with Gasteiger partial charge in [-0.05, 0) is 39.0 Å². The maximum Gasteiger partial charge on any atom is 0.255 e. The van der Waals surface area contributed by atoms with Gasteiger partial charge >= 0.3 is 0 Å². The standard InChI is InChI=1S/C15H16BrNO2/c1-9(2)17-15(18)13-8-14(19-10(13)3)11-4-6-12(16)7-5-11/h4-9H,1-3H3,(H,17,18). The molecule has 0 saturated heterocycles. The van der Waals surface area contributed by atoms with E-state index >= 15 is 0 Å². The first-order chi connectivity index (χ1) is 8.97. The normalized spacial score (nSPS) is 10.8. The summed E-state index contributed by atoms with van der Waals surface area (Å²) in [6.07, 6.45) is 0. The van der Waals surface area contributed by atoms with Crippen LogP contribution >= 0.6 is 15.9 Å². The number of rotatable bonds is 3. The second-order valence-corrected chi connectivity index (χ2v) is 5.63. The predicted octanol–water partition coefficient (Wildman–Crippen LogP) is 4.16. The minimum atomic E-state index is -0.0976. The maximum atomic E-state index is 12.0. The second kappa shape index (κ2) is 5.61. The summed E-state index contributed by atoms with van der Waals surface area (Å²) in [5.74, 6) is 1.24. The van der Waals surface area contributed by atoms with Crippen LogP contribution in [0.15, 0.2) is 39.2 Å². The number of nitrogens with one attached hydrogen (secondary N) is 1. The Bertz CT molecular complexity index is 585. The number of carbonyl (C=O) groups is 1. The van der Waals surface area contributed by atoms with Gasteiger partial charge in [0.25, 0.3) is 5.91 Å². The lowest BCUT2D eigenvalue weighted by Crippen LogP contribution is -2.30. The van der Waals surface area contributed by atoms with Crippen LogP contribution in [0.4, 0.5) is 0 Å². The van der Waals surface area contributed by atoms with E-state index in [1.807, 2.05) is 38.1 Å². The summed E-state index contributed by atoms with van der Waals surface area (Å²) in [5, 5.41) is 2.87. The Morgan fingerprint density at radius 1 is 1.26 bits per heavy atom. The predicted molar refractivity (Wildman–Crippen MR) is 79.2 cm³/mol. The van der Waals surface area contributed by atoms with Crippen molar-refractivity contribution in [3.8, 4) is 11.3 Å². The van der Waals surface area contributed by atoms with Crippen LogP contribution < -0.4 is 5.32 Å². The van der Waals surface area contributed by atoms with Gasteiger partial charge in [-0.3, -0.25) is 4.79 Å². The fourth-order valence-corrected chi connectivity index (χ4v) is 2.07. The molecule has 0 radical (unpaired) electrons. The van der Waals surface area contributed by atoms with E-state index in [1.165, 1.54) is 0 Å². The Morgan fingerprint density at radius 2 is 1.89 bits per heavy atom. The SMILES string of the molecule is Cc1oc(-c2ccc(Br)cc2)cc1C(=O)NC(C)C. The molecule has 0 fully saturated rings. The van der Waals surface area contributed by atoms with Crippen molar-refractivity contribution in [1.82, 2.24) is 5.32 Å². The van der Waals surface area contributed by atoms with Gasteiger partial charge in [0.15, 0.2) is 0 Å². The lowest BCUT2D eigenvalue weighted by Gasteiger charge is -2.06. The largest absolute Gasteiger partial charge is 0.461 e. The van der Waals surface area contributed by atoms with Gasteiger partial charge < -0.3 is 9.73 Å². The number of aryl methyl sites for hydroxylation is 1. The zero-order valence-corrected chi connectivity index (χ0v) is 12.7. The average Bonchev–Trinajstić information content (AvgIpc) is 2.71. The lowest BCUT2D eigenvalue weighted by atomic mass is 10.1. The molecule has 3 nitrogen and oxygen atoms in total. The molecule has 0 aliphatic heterocycles.